The Bertz CT molecular complexity index is 529. The number of rotatable bonds is 3. The number of oxazole rings is 1. The van der Waals surface area contributed by atoms with Gasteiger partial charge in [-0.3, -0.25) is 0 Å². The number of nitrogens with zero attached hydrogens (tertiary/aromatic N) is 1. The summed E-state index contributed by atoms with van der Waals surface area (Å²) in [5, 5.41) is 0. The lowest BCUT2D eigenvalue weighted by Crippen LogP contribution is -2.02. The molecule has 0 unspecified atom stereocenters. The lowest BCUT2D eigenvalue weighted by atomic mass is 10.0. The van der Waals surface area contributed by atoms with Crippen molar-refractivity contribution in [3.63, 3.8) is 0 Å². The van der Waals surface area contributed by atoms with Gasteiger partial charge in [0.15, 0.2) is 11.7 Å². The first kappa shape index (κ1) is 11.9. The Hall–Kier alpha value is -1.61. The van der Waals surface area contributed by atoms with Gasteiger partial charge in [-0.05, 0) is 38.0 Å². The lowest BCUT2D eigenvalue weighted by Gasteiger charge is -2.03. The van der Waals surface area contributed by atoms with E-state index in [1.807, 2.05) is 6.92 Å². The molecular formula is C14H18N2O. The summed E-state index contributed by atoms with van der Waals surface area (Å²) in [6.07, 6.45) is 0.686. The number of aryl methyl sites for hydroxylation is 3. The van der Waals surface area contributed by atoms with E-state index in [1.165, 1.54) is 11.1 Å². The fourth-order valence-corrected chi connectivity index (χ4v) is 1.83. The van der Waals surface area contributed by atoms with Crippen LogP contribution in [0.3, 0.4) is 0 Å². The highest BCUT2D eigenvalue weighted by atomic mass is 16.4. The minimum absolute atomic E-state index is 0.562. The molecule has 0 aliphatic carbocycles. The third-order valence-corrected chi connectivity index (χ3v) is 2.97. The first-order valence-electron chi connectivity index (χ1n) is 5.86. The van der Waals surface area contributed by atoms with Crippen molar-refractivity contribution in [2.75, 3.05) is 6.54 Å². The highest BCUT2D eigenvalue weighted by molar-refractivity contribution is 5.61. The summed E-state index contributed by atoms with van der Waals surface area (Å²) in [5.41, 5.74) is 10.1. The molecule has 2 rings (SSSR count). The van der Waals surface area contributed by atoms with E-state index in [2.05, 4.69) is 37.0 Å². The fraction of sp³-hybridized carbons (Fsp3) is 0.357. The van der Waals surface area contributed by atoms with E-state index in [4.69, 9.17) is 10.2 Å². The maximum atomic E-state index is 5.74. The Kier molecular flexibility index (Phi) is 3.29. The standard InChI is InChI=1S/C14H18N2O/c1-9-4-5-12(8-10(9)2)14-11(3)16-13(17-14)6-7-15/h4-5,8H,6-7,15H2,1-3H3. The zero-order valence-corrected chi connectivity index (χ0v) is 10.6. The second-order valence-corrected chi connectivity index (χ2v) is 4.36. The van der Waals surface area contributed by atoms with E-state index in [-0.39, 0.29) is 0 Å². The third kappa shape index (κ3) is 2.39. The van der Waals surface area contributed by atoms with E-state index < -0.39 is 0 Å². The minimum Gasteiger partial charge on any atom is -0.440 e. The van der Waals surface area contributed by atoms with Gasteiger partial charge in [-0.1, -0.05) is 12.1 Å². The zero-order valence-electron chi connectivity index (χ0n) is 10.6. The summed E-state index contributed by atoms with van der Waals surface area (Å²) >= 11 is 0. The van der Waals surface area contributed by atoms with Gasteiger partial charge in [-0.2, -0.15) is 0 Å². The Morgan fingerprint density at radius 2 is 1.94 bits per heavy atom. The van der Waals surface area contributed by atoms with E-state index in [0.29, 0.717) is 13.0 Å². The van der Waals surface area contributed by atoms with Gasteiger partial charge in [-0.15, -0.1) is 0 Å². The summed E-state index contributed by atoms with van der Waals surface area (Å²) in [4.78, 5) is 4.38. The molecule has 1 aromatic carbocycles. The fourth-order valence-electron chi connectivity index (χ4n) is 1.83. The van der Waals surface area contributed by atoms with Crippen molar-refractivity contribution in [1.29, 1.82) is 0 Å². The Balaban J connectivity index is 2.41. The van der Waals surface area contributed by atoms with Crippen LogP contribution in [-0.2, 0) is 6.42 Å². The van der Waals surface area contributed by atoms with Crippen LogP contribution in [0, 0.1) is 20.8 Å². The average molecular weight is 230 g/mol. The maximum absolute atomic E-state index is 5.74. The van der Waals surface area contributed by atoms with E-state index in [9.17, 15) is 0 Å². The molecule has 1 heterocycles. The van der Waals surface area contributed by atoms with Crippen molar-refractivity contribution >= 4 is 0 Å². The van der Waals surface area contributed by atoms with Gasteiger partial charge < -0.3 is 10.2 Å². The normalized spacial score (nSPS) is 10.8. The van der Waals surface area contributed by atoms with Crippen LogP contribution in [0.2, 0.25) is 0 Å². The van der Waals surface area contributed by atoms with Crippen LogP contribution >= 0.6 is 0 Å². The summed E-state index contributed by atoms with van der Waals surface area (Å²) < 4.78 is 5.74. The van der Waals surface area contributed by atoms with E-state index in [1.54, 1.807) is 0 Å². The molecule has 3 heteroatoms. The predicted molar refractivity (Wildman–Crippen MR) is 68.9 cm³/mol. The molecule has 0 spiro atoms. The monoisotopic (exact) mass is 230 g/mol. The van der Waals surface area contributed by atoms with Gasteiger partial charge in [-0.25, -0.2) is 4.98 Å². The molecule has 90 valence electrons. The average Bonchev–Trinajstić information content (AvgIpc) is 2.64. The quantitative estimate of drug-likeness (QED) is 0.882. The number of nitrogens with two attached hydrogens (primary N) is 1. The van der Waals surface area contributed by atoms with Crippen molar-refractivity contribution in [2.45, 2.75) is 27.2 Å². The van der Waals surface area contributed by atoms with Crippen molar-refractivity contribution in [3.05, 3.63) is 40.9 Å². The van der Waals surface area contributed by atoms with Gasteiger partial charge in [0.05, 0.1) is 5.69 Å². The van der Waals surface area contributed by atoms with Crippen LogP contribution in [0.25, 0.3) is 11.3 Å². The largest absolute Gasteiger partial charge is 0.440 e. The molecule has 0 atom stereocenters. The second-order valence-electron chi connectivity index (χ2n) is 4.36. The molecule has 0 saturated carbocycles. The molecular weight excluding hydrogens is 212 g/mol. The highest BCUT2D eigenvalue weighted by Crippen LogP contribution is 2.26. The molecule has 0 amide bonds. The van der Waals surface area contributed by atoms with Crippen LogP contribution in [0.4, 0.5) is 0 Å². The zero-order chi connectivity index (χ0) is 12.4. The number of hydrogen-bond donors (Lipinski definition) is 1. The molecule has 17 heavy (non-hydrogen) atoms. The van der Waals surface area contributed by atoms with Crippen LogP contribution in [-0.4, -0.2) is 11.5 Å². The van der Waals surface area contributed by atoms with Crippen molar-refractivity contribution in [1.82, 2.24) is 4.98 Å². The van der Waals surface area contributed by atoms with Crippen LogP contribution in [0.15, 0.2) is 22.6 Å². The van der Waals surface area contributed by atoms with Crippen LogP contribution in [0.5, 0.6) is 0 Å². The summed E-state index contributed by atoms with van der Waals surface area (Å²) in [6, 6.07) is 6.31. The van der Waals surface area contributed by atoms with Crippen molar-refractivity contribution < 1.29 is 4.42 Å². The van der Waals surface area contributed by atoms with Gasteiger partial charge >= 0.3 is 0 Å². The van der Waals surface area contributed by atoms with Gasteiger partial charge in [0.2, 0.25) is 0 Å². The van der Waals surface area contributed by atoms with Crippen LogP contribution < -0.4 is 5.73 Å². The van der Waals surface area contributed by atoms with Crippen LogP contribution in [0.1, 0.15) is 22.7 Å². The van der Waals surface area contributed by atoms with E-state index in [0.717, 1.165) is 22.9 Å². The summed E-state index contributed by atoms with van der Waals surface area (Å²) in [6.45, 7) is 6.73. The molecule has 0 aliphatic rings. The Labute approximate surface area is 102 Å². The highest BCUT2D eigenvalue weighted by Gasteiger charge is 2.11. The molecule has 1 aromatic heterocycles. The summed E-state index contributed by atoms with van der Waals surface area (Å²) in [7, 11) is 0. The van der Waals surface area contributed by atoms with Gasteiger partial charge in [0.1, 0.15) is 0 Å². The molecule has 0 radical (unpaired) electrons. The molecule has 3 nitrogen and oxygen atoms in total. The molecule has 0 saturated heterocycles. The smallest absolute Gasteiger partial charge is 0.196 e. The van der Waals surface area contributed by atoms with Gasteiger partial charge in [0, 0.05) is 18.5 Å². The van der Waals surface area contributed by atoms with Crippen molar-refractivity contribution in [3.8, 4) is 11.3 Å². The predicted octanol–water partition coefficient (Wildman–Crippen LogP) is 2.77. The molecule has 2 N–H and O–H groups in total. The SMILES string of the molecule is Cc1ccc(-c2oc(CCN)nc2C)cc1C. The Morgan fingerprint density at radius 3 is 2.59 bits per heavy atom. The number of aromatic nitrogens is 1. The summed E-state index contributed by atoms with van der Waals surface area (Å²) in [5.74, 6) is 1.58. The number of benzene rings is 1. The number of hydrogen-bond acceptors (Lipinski definition) is 3. The molecule has 0 aliphatic heterocycles. The van der Waals surface area contributed by atoms with Gasteiger partial charge in [0.25, 0.3) is 0 Å². The Morgan fingerprint density at radius 1 is 1.18 bits per heavy atom. The van der Waals surface area contributed by atoms with E-state index >= 15 is 0 Å². The third-order valence-electron chi connectivity index (χ3n) is 2.97. The first-order valence-corrected chi connectivity index (χ1v) is 5.86. The molecule has 0 fully saturated rings. The van der Waals surface area contributed by atoms with Crippen molar-refractivity contribution in [2.24, 2.45) is 5.73 Å². The lowest BCUT2D eigenvalue weighted by molar-refractivity contribution is 0.508. The topological polar surface area (TPSA) is 52.0 Å². The second kappa shape index (κ2) is 4.72. The molecule has 0 bridgehead atoms. The maximum Gasteiger partial charge on any atom is 0.196 e. The minimum atomic E-state index is 0.562. The molecule has 2 aromatic rings. The first-order chi connectivity index (χ1) is 8.11.